The molecule has 0 aliphatic heterocycles. The highest BCUT2D eigenvalue weighted by atomic mass is 15.3. The molecule has 96 valence electrons. The molecule has 1 saturated carbocycles. The molecule has 0 bridgehead atoms. The number of rotatable bonds is 3. The molecule has 1 aliphatic carbocycles. The Morgan fingerprint density at radius 2 is 2.22 bits per heavy atom. The molecule has 1 N–H and O–H groups in total. The largest absolute Gasteiger partial charge is 0.309 e. The minimum atomic E-state index is 0.474. The quantitative estimate of drug-likeness (QED) is 0.899. The molecular weight excluding hydrogens is 224 g/mol. The summed E-state index contributed by atoms with van der Waals surface area (Å²) in [5.74, 6) is 0. The number of hydrogen-bond donors (Lipinski definition) is 1. The number of aryl methyl sites for hydroxylation is 2. The van der Waals surface area contributed by atoms with Crippen LogP contribution in [0.4, 0.5) is 0 Å². The van der Waals surface area contributed by atoms with Gasteiger partial charge in [0.15, 0.2) is 5.65 Å². The number of aromatic nitrogens is 3. The van der Waals surface area contributed by atoms with Crippen LogP contribution in [0.15, 0.2) is 12.3 Å². The van der Waals surface area contributed by atoms with Crippen LogP contribution in [0, 0.1) is 12.3 Å². The Morgan fingerprint density at radius 3 is 2.89 bits per heavy atom. The van der Waals surface area contributed by atoms with E-state index in [9.17, 15) is 0 Å². The number of fused-ring (bicyclic) bond motifs is 1. The topological polar surface area (TPSA) is 42.7 Å². The molecule has 0 radical (unpaired) electrons. The van der Waals surface area contributed by atoms with Crippen LogP contribution in [-0.2, 0) is 13.6 Å². The second-order valence-corrected chi connectivity index (χ2v) is 6.05. The predicted octanol–water partition coefficient (Wildman–Crippen LogP) is 2.16. The molecule has 0 saturated heterocycles. The lowest BCUT2D eigenvalue weighted by Crippen LogP contribution is -2.19. The van der Waals surface area contributed by atoms with Crippen molar-refractivity contribution in [2.75, 3.05) is 0 Å². The third-order valence-corrected chi connectivity index (χ3v) is 3.99. The highest BCUT2D eigenvalue weighted by molar-refractivity contribution is 5.78. The molecule has 1 fully saturated rings. The van der Waals surface area contributed by atoms with Crippen LogP contribution < -0.4 is 5.32 Å². The Kier molecular flexibility index (Phi) is 2.45. The minimum Gasteiger partial charge on any atom is -0.309 e. The Bertz CT molecular complexity index is 597. The van der Waals surface area contributed by atoms with E-state index >= 15 is 0 Å². The van der Waals surface area contributed by atoms with Crippen LogP contribution in [0.25, 0.3) is 11.0 Å². The van der Waals surface area contributed by atoms with Gasteiger partial charge >= 0.3 is 0 Å². The zero-order valence-electron chi connectivity index (χ0n) is 11.5. The lowest BCUT2D eigenvalue weighted by atomic mass is 10.2. The monoisotopic (exact) mass is 244 g/mol. The zero-order valence-corrected chi connectivity index (χ0v) is 11.5. The average Bonchev–Trinajstić information content (AvgIpc) is 2.83. The highest BCUT2D eigenvalue weighted by Gasteiger charge is 2.44. The van der Waals surface area contributed by atoms with E-state index in [4.69, 9.17) is 0 Å². The number of nitrogens with one attached hydrogen (secondary N) is 1. The maximum absolute atomic E-state index is 4.50. The second kappa shape index (κ2) is 3.79. The Hall–Kier alpha value is -1.42. The first-order valence-electron chi connectivity index (χ1n) is 6.49. The molecule has 1 atom stereocenters. The van der Waals surface area contributed by atoms with Gasteiger partial charge in [-0.3, -0.25) is 4.68 Å². The highest BCUT2D eigenvalue weighted by Crippen LogP contribution is 2.44. The molecule has 0 aromatic carbocycles. The van der Waals surface area contributed by atoms with E-state index in [0.29, 0.717) is 11.5 Å². The summed E-state index contributed by atoms with van der Waals surface area (Å²) in [6, 6.07) is 2.86. The fourth-order valence-electron chi connectivity index (χ4n) is 2.50. The molecular formula is C14H20N4. The van der Waals surface area contributed by atoms with Gasteiger partial charge in [-0.2, -0.15) is 5.10 Å². The summed E-state index contributed by atoms with van der Waals surface area (Å²) in [5, 5.41) is 9.14. The fourth-order valence-corrected chi connectivity index (χ4v) is 2.50. The predicted molar refractivity (Wildman–Crippen MR) is 72.3 cm³/mol. The SMILES string of the molecule is Cc1nn(C)c2ncc(CNC3CC3(C)C)cc12. The van der Waals surface area contributed by atoms with Crippen molar-refractivity contribution in [3.8, 4) is 0 Å². The van der Waals surface area contributed by atoms with E-state index in [1.807, 2.05) is 24.9 Å². The van der Waals surface area contributed by atoms with Gasteiger partial charge in [-0.1, -0.05) is 13.8 Å². The van der Waals surface area contributed by atoms with Crippen LogP contribution in [0.5, 0.6) is 0 Å². The van der Waals surface area contributed by atoms with E-state index in [1.165, 1.54) is 12.0 Å². The van der Waals surface area contributed by atoms with E-state index in [-0.39, 0.29) is 0 Å². The van der Waals surface area contributed by atoms with Crippen molar-refractivity contribution in [2.24, 2.45) is 12.5 Å². The van der Waals surface area contributed by atoms with E-state index in [0.717, 1.165) is 23.3 Å². The third-order valence-electron chi connectivity index (χ3n) is 3.99. The fraction of sp³-hybridized carbons (Fsp3) is 0.571. The van der Waals surface area contributed by atoms with Crippen LogP contribution >= 0.6 is 0 Å². The third kappa shape index (κ3) is 1.90. The van der Waals surface area contributed by atoms with Crippen molar-refractivity contribution in [3.05, 3.63) is 23.5 Å². The van der Waals surface area contributed by atoms with Gasteiger partial charge in [-0.25, -0.2) is 4.98 Å². The maximum Gasteiger partial charge on any atom is 0.157 e. The molecule has 2 heterocycles. The standard InChI is InChI=1S/C14H20N4/c1-9-11-5-10(7-15-12-6-14(12,2)3)8-16-13(11)18(4)17-9/h5,8,12,15H,6-7H2,1-4H3. The number of pyridine rings is 1. The van der Waals surface area contributed by atoms with Crippen LogP contribution in [-0.4, -0.2) is 20.8 Å². The van der Waals surface area contributed by atoms with E-state index in [1.54, 1.807) is 0 Å². The van der Waals surface area contributed by atoms with Gasteiger partial charge in [0, 0.05) is 31.2 Å². The molecule has 1 unspecified atom stereocenters. The summed E-state index contributed by atoms with van der Waals surface area (Å²) in [7, 11) is 1.94. The molecule has 2 aromatic heterocycles. The molecule has 0 amide bonds. The molecule has 0 spiro atoms. The van der Waals surface area contributed by atoms with Crippen LogP contribution in [0.1, 0.15) is 31.5 Å². The van der Waals surface area contributed by atoms with E-state index in [2.05, 4.69) is 35.3 Å². The molecule has 18 heavy (non-hydrogen) atoms. The van der Waals surface area contributed by atoms with Crippen molar-refractivity contribution in [3.63, 3.8) is 0 Å². The van der Waals surface area contributed by atoms with Gasteiger partial charge in [0.2, 0.25) is 0 Å². The van der Waals surface area contributed by atoms with Crippen molar-refractivity contribution in [1.82, 2.24) is 20.1 Å². The first-order valence-corrected chi connectivity index (χ1v) is 6.49. The zero-order chi connectivity index (χ0) is 12.9. The summed E-state index contributed by atoms with van der Waals surface area (Å²) in [6.07, 6.45) is 3.22. The summed E-state index contributed by atoms with van der Waals surface area (Å²) in [5.41, 5.74) is 3.72. The summed E-state index contributed by atoms with van der Waals surface area (Å²) in [4.78, 5) is 4.50. The van der Waals surface area contributed by atoms with Crippen LogP contribution in [0.2, 0.25) is 0 Å². The molecule has 4 heteroatoms. The molecule has 1 aliphatic rings. The van der Waals surface area contributed by atoms with Gasteiger partial charge in [0.25, 0.3) is 0 Å². The van der Waals surface area contributed by atoms with Gasteiger partial charge in [0.1, 0.15) is 0 Å². The van der Waals surface area contributed by atoms with Crippen LogP contribution in [0.3, 0.4) is 0 Å². The molecule has 4 nitrogen and oxygen atoms in total. The van der Waals surface area contributed by atoms with Gasteiger partial charge in [-0.05, 0) is 30.4 Å². The summed E-state index contributed by atoms with van der Waals surface area (Å²) >= 11 is 0. The maximum atomic E-state index is 4.50. The molecule has 3 rings (SSSR count). The van der Waals surface area contributed by atoms with E-state index < -0.39 is 0 Å². The smallest absolute Gasteiger partial charge is 0.157 e. The normalized spacial score (nSPS) is 21.4. The second-order valence-electron chi connectivity index (χ2n) is 6.05. The first kappa shape index (κ1) is 11.7. The van der Waals surface area contributed by atoms with Crippen molar-refractivity contribution in [1.29, 1.82) is 0 Å². The summed E-state index contributed by atoms with van der Waals surface area (Å²) in [6.45, 7) is 7.53. The van der Waals surface area contributed by atoms with Gasteiger partial charge in [-0.15, -0.1) is 0 Å². The van der Waals surface area contributed by atoms with Gasteiger partial charge < -0.3 is 5.32 Å². The van der Waals surface area contributed by atoms with Crippen molar-refractivity contribution < 1.29 is 0 Å². The lowest BCUT2D eigenvalue weighted by Gasteiger charge is -2.06. The van der Waals surface area contributed by atoms with Crippen molar-refractivity contribution >= 4 is 11.0 Å². The number of nitrogens with zero attached hydrogens (tertiary/aromatic N) is 3. The minimum absolute atomic E-state index is 0.474. The lowest BCUT2D eigenvalue weighted by molar-refractivity contribution is 0.542. The number of hydrogen-bond acceptors (Lipinski definition) is 3. The first-order chi connectivity index (χ1) is 8.47. The average molecular weight is 244 g/mol. The molecule has 2 aromatic rings. The Morgan fingerprint density at radius 1 is 1.50 bits per heavy atom. The van der Waals surface area contributed by atoms with Crippen molar-refractivity contribution in [2.45, 2.75) is 39.8 Å². The van der Waals surface area contributed by atoms with Gasteiger partial charge in [0.05, 0.1) is 5.69 Å². The Balaban J connectivity index is 1.79. The summed E-state index contributed by atoms with van der Waals surface area (Å²) < 4.78 is 1.84. The Labute approximate surface area is 107 Å².